The summed E-state index contributed by atoms with van der Waals surface area (Å²) in [6.07, 6.45) is 1.91. The molecule has 1 nitrogen and oxygen atoms in total. The van der Waals surface area contributed by atoms with Gasteiger partial charge >= 0.3 is 0 Å². The van der Waals surface area contributed by atoms with Crippen molar-refractivity contribution >= 4 is 11.6 Å². The van der Waals surface area contributed by atoms with Crippen LogP contribution in [0, 0.1) is 11.2 Å². The van der Waals surface area contributed by atoms with E-state index in [1.807, 2.05) is 6.92 Å². The maximum Gasteiger partial charge on any atom is 0.129 e. The normalized spacial score (nSPS) is 13.7. The molecule has 0 fully saturated rings. The van der Waals surface area contributed by atoms with Crippen LogP contribution in [0.3, 0.4) is 0 Å². The standard InChI is InChI=1S/C15H23ClFN/c1-5-18-13(9-10-15(2,3)4)14-11(16)7-6-8-12(14)17/h6-8,13,18H,5,9-10H2,1-4H3. The fourth-order valence-corrected chi connectivity index (χ4v) is 2.31. The van der Waals surface area contributed by atoms with Crippen molar-refractivity contribution in [2.75, 3.05) is 6.54 Å². The summed E-state index contributed by atoms with van der Waals surface area (Å²) >= 11 is 6.13. The monoisotopic (exact) mass is 271 g/mol. The highest BCUT2D eigenvalue weighted by molar-refractivity contribution is 6.31. The molecular weight excluding hydrogens is 249 g/mol. The Morgan fingerprint density at radius 1 is 1.33 bits per heavy atom. The van der Waals surface area contributed by atoms with Crippen molar-refractivity contribution < 1.29 is 4.39 Å². The lowest BCUT2D eigenvalue weighted by Gasteiger charge is -2.25. The minimum Gasteiger partial charge on any atom is -0.310 e. The van der Waals surface area contributed by atoms with E-state index in [9.17, 15) is 4.39 Å². The van der Waals surface area contributed by atoms with Crippen LogP contribution in [0.2, 0.25) is 5.02 Å². The smallest absolute Gasteiger partial charge is 0.129 e. The lowest BCUT2D eigenvalue weighted by molar-refractivity contribution is 0.330. The van der Waals surface area contributed by atoms with Gasteiger partial charge in [-0.2, -0.15) is 0 Å². The van der Waals surface area contributed by atoms with Gasteiger partial charge in [-0.05, 0) is 36.9 Å². The minimum absolute atomic E-state index is 0.0112. The first-order valence-electron chi connectivity index (χ1n) is 6.52. The summed E-state index contributed by atoms with van der Waals surface area (Å²) < 4.78 is 13.9. The number of hydrogen-bond donors (Lipinski definition) is 1. The highest BCUT2D eigenvalue weighted by atomic mass is 35.5. The van der Waals surface area contributed by atoms with Crippen molar-refractivity contribution in [3.8, 4) is 0 Å². The molecule has 0 aliphatic rings. The maximum atomic E-state index is 13.9. The van der Waals surface area contributed by atoms with Crippen molar-refractivity contribution in [3.63, 3.8) is 0 Å². The number of nitrogens with one attached hydrogen (secondary N) is 1. The van der Waals surface area contributed by atoms with Crippen LogP contribution >= 0.6 is 11.6 Å². The van der Waals surface area contributed by atoms with Gasteiger partial charge in [0.05, 0.1) is 0 Å². The van der Waals surface area contributed by atoms with Gasteiger partial charge in [-0.25, -0.2) is 4.39 Å². The van der Waals surface area contributed by atoms with E-state index in [1.165, 1.54) is 6.07 Å². The van der Waals surface area contributed by atoms with Crippen LogP contribution in [-0.2, 0) is 0 Å². The summed E-state index contributed by atoms with van der Waals surface area (Å²) in [6, 6.07) is 4.86. The van der Waals surface area contributed by atoms with Crippen LogP contribution in [0.25, 0.3) is 0 Å². The van der Waals surface area contributed by atoms with Crippen molar-refractivity contribution in [3.05, 3.63) is 34.6 Å². The number of hydrogen-bond acceptors (Lipinski definition) is 1. The first-order valence-corrected chi connectivity index (χ1v) is 6.90. The number of benzene rings is 1. The van der Waals surface area contributed by atoms with E-state index in [4.69, 9.17) is 11.6 Å². The van der Waals surface area contributed by atoms with Crippen LogP contribution in [0.4, 0.5) is 4.39 Å². The van der Waals surface area contributed by atoms with E-state index in [-0.39, 0.29) is 17.3 Å². The summed E-state index contributed by atoms with van der Waals surface area (Å²) in [4.78, 5) is 0. The van der Waals surface area contributed by atoms with Crippen molar-refractivity contribution in [1.29, 1.82) is 0 Å². The summed E-state index contributed by atoms with van der Waals surface area (Å²) in [7, 11) is 0. The highest BCUT2D eigenvalue weighted by Crippen LogP contribution is 2.32. The van der Waals surface area contributed by atoms with Crippen molar-refractivity contribution in [2.24, 2.45) is 5.41 Å². The molecule has 1 rings (SSSR count). The van der Waals surface area contributed by atoms with Gasteiger partial charge in [0.1, 0.15) is 5.82 Å². The Morgan fingerprint density at radius 3 is 2.50 bits per heavy atom. The van der Waals surface area contributed by atoms with Gasteiger partial charge in [0.15, 0.2) is 0 Å². The van der Waals surface area contributed by atoms with E-state index in [0.29, 0.717) is 10.6 Å². The third-order valence-corrected chi connectivity index (χ3v) is 3.31. The van der Waals surface area contributed by atoms with Gasteiger partial charge in [-0.15, -0.1) is 0 Å². The maximum absolute atomic E-state index is 13.9. The summed E-state index contributed by atoms with van der Waals surface area (Å²) in [5, 5.41) is 3.84. The summed E-state index contributed by atoms with van der Waals surface area (Å²) in [6.45, 7) is 9.41. The Morgan fingerprint density at radius 2 is 2.00 bits per heavy atom. The van der Waals surface area contributed by atoms with Crippen LogP contribution in [0.15, 0.2) is 18.2 Å². The molecule has 1 atom stereocenters. The third kappa shape index (κ3) is 4.58. The molecule has 0 bridgehead atoms. The van der Waals surface area contributed by atoms with Crippen LogP contribution in [0.5, 0.6) is 0 Å². The van der Waals surface area contributed by atoms with Crippen LogP contribution in [-0.4, -0.2) is 6.54 Å². The van der Waals surface area contributed by atoms with E-state index in [1.54, 1.807) is 12.1 Å². The molecule has 0 aliphatic carbocycles. The molecule has 0 radical (unpaired) electrons. The first kappa shape index (κ1) is 15.5. The average molecular weight is 272 g/mol. The quantitative estimate of drug-likeness (QED) is 0.798. The van der Waals surface area contributed by atoms with Crippen LogP contribution in [0.1, 0.15) is 52.1 Å². The molecule has 0 heterocycles. The summed E-state index contributed by atoms with van der Waals surface area (Å²) in [5.74, 6) is -0.220. The SMILES string of the molecule is CCNC(CCC(C)(C)C)c1c(F)cccc1Cl. The lowest BCUT2D eigenvalue weighted by Crippen LogP contribution is -2.24. The van der Waals surface area contributed by atoms with E-state index >= 15 is 0 Å². The second-order valence-electron chi connectivity index (χ2n) is 5.84. The Kier molecular flexibility index (Phi) is 5.61. The molecule has 0 saturated carbocycles. The molecule has 1 aromatic rings. The predicted octanol–water partition coefficient (Wildman–Crippen LogP) is 4.96. The van der Waals surface area contributed by atoms with E-state index in [2.05, 4.69) is 26.1 Å². The van der Waals surface area contributed by atoms with E-state index < -0.39 is 0 Å². The lowest BCUT2D eigenvalue weighted by atomic mass is 9.87. The molecule has 18 heavy (non-hydrogen) atoms. The molecule has 3 heteroatoms. The molecule has 102 valence electrons. The molecule has 1 N–H and O–H groups in total. The van der Waals surface area contributed by atoms with Crippen molar-refractivity contribution in [2.45, 2.75) is 46.6 Å². The second-order valence-corrected chi connectivity index (χ2v) is 6.25. The van der Waals surface area contributed by atoms with Gasteiger partial charge in [0.25, 0.3) is 0 Å². The fourth-order valence-electron chi connectivity index (χ4n) is 2.02. The zero-order valence-corrected chi connectivity index (χ0v) is 12.4. The topological polar surface area (TPSA) is 12.0 Å². The van der Waals surface area contributed by atoms with Crippen molar-refractivity contribution in [1.82, 2.24) is 5.32 Å². The largest absolute Gasteiger partial charge is 0.310 e. The van der Waals surface area contributed by atoms with Gasteiger partial charge in [0, 0.05) is 16.6 Å². The third-order valence-electron chi connectivity index (χ3n) is 2.98. The Balaban J connectivity index is 2.90. The zero-order valence-electron chi connectivity index (χ0n) is 11.7. The number of rotatable bonds is 5. The molecule has 1 aromatic carbocycles. The Bertz CT molecular complexity index is 364. The predicted molar refractivity (Wildman–Crippen MR) is 76.5 cm³/mol. The molecule has 1 unspecified atom stereocenters. The van der Waals surface area contributed by atoms with E-state index in [0.717, 1.165) is 19.4 Å². The Labute approximate surface area is 115 Å². The first-order chi connectivity index (χ1) is 8.35. The molecule has 0 aromatic heterocycles. The molecule has 0 spiro atoms. The highest BCUT2D eigenvalue weighted by Gasteiger charge is 2.20. The zero-order chi connectivity index (χ0) is 13.8. The molecular formula is C15H23ClFN. The van der Waals surface area contributed by atoms with Gasteiger partial charge in [-0.1, -0.05) is 45.4 Å². The number of halogens is 2. The van der Waals surface area contributed by atoms with Crippen LogP contribution < -0.4 is 5.32 Å². The Hall–Kier alpha value is -0.600. The minimum atomic E-state index is -0.220. The second kappa shape index (κ2) is 6.53. The average Bonchev–Trinajstić information content (AvgIpc) is 2.24. The molecule has 0 amide bonds. The molecule has 0 saturated heterocycles. The molecule has 0 aliphatic heterocycles. The fraction of sp³-hybridized carbons (Fsp3) is 0.600. The van der Waals surface area contributed by atoms with Gasteiger partial charge < -0.3 is 5.32 Å². The summed E-state index contributed by atoms with van der Waals surface area (Å²) in [5.41, 5.74) is 0.844. The van der Waals surface area contributed by atoms with Gasteiger partial charge in [-0.3, -0.25) is 0 Å². The van der Waals surface area contributed by atoms with Gasteiger partial charge in [0.2, 0.25) is 0 Å².